The highest BCUT2D eigenvalue weighted by molar-refractivity contribution is 7.89. The minimum Gasteiger partial charge on any atom is -0.379 e. The van der Waals surface area contributed by atoms with E-state index in [-0.39, 0.29) is 5.75 Å². The second-order valence-electron chi connectivity index (χ2n) is 4.73. The van der Waals surface area contributed by atoms with Gasteiger partial charge in [-0.3, -0.25) is 0 Å². The van der Waals surface area contributed by atoms with E-state index in [1.807, 2.05) is 19.0 Å². The van der Waals surface area contributed by atoms with Crippen molar-refractivity contribution in [2.45, 2.75) is 19.8 Å². The highest BCUT2D eigenvalue weighted by Gasteiger charge is 2.08. The van der Waals surface area contributed by atoms with Gasteiger partial charge in [-0.05, 0) is 40.0 Å². The van der Waals surface area contributed by atoms with Crippen LogP contribution in [0.2, 0.25) is 0 Å². The molecule has 0 aromatic rings. The molecule has 0 fully saturated rings. The molecule has 0 bridgehead atoms. The van der Waals surface area contributed by atoms with Crippen molar-refractivity contribution in [3.63, 3.8) is 0 Å². The van der Waals surface area contributed by atoms with Gasteiger partial charge < -0.3 is 15.0 Å². The molecule has 0 saturated carbocycles. The van der Waals surface area contributed by atoms with Crippen molar-refractivity contribution < 1.29 is 13.2 Å². The molecule has 0 rings (SSSR count). The number of nitrogens with one attached hydrogen (secondary N) is 2. The van der Waals surface area contributed by atoms with E-state index in [0.29, 0.717) is 26.2 Å². The third-order valence-electron chi connectivity index (χ3n) is 2.44. The van der Waals surface area contributed by atoms with Crippen molar-refractivity contribution in [3.05, 3.63) is 0 Å². The van der Waals surface area contributed by atoms with Crippen molar-refractivity contribution in [1.29, 1.82) is 0 Å². The number of likely N-dealkylation sites (N-methyl/N-ethyl adjacent to an activating group) is 1. The number of sulfonamides is 1. The van der Waals surface area contributed by atoms with E-state index in [1.54, 1.807) is 0 Å². The number of rotatable bonds is 13. The second kappa shape index (κ2) is 11.6. The van der Waals surface area contributed by atoms with Gasteiger partial charge in [0.1, 0.15) is 0 Å². The van der Waals surface area contributed by atoms with Gasteiger partial charge >= 0.3 is 0 Å². The lowest BCUT2D eigenvalue weighted by molar-refractivity contribution is 0.122. The van der Waals surface area contributed by atoms with Crippen LogP contribution in [-0.4, -0.2) is 72.6 Å². The Morgan fingerprint density at radius 3 is 2.47 bits per heavy atom. The molecule has 0 radical (unpaired) electrons. The number of ether oxygens (including phenoxy) is 1. The van der Waals surface area contributed by atoms with Crippen molar-refractivity contribution in [2.24, 2.45) is 0 Å². The Bertz CT molecular complexity index is 295. The Kier molecular flexibility index (Phi) is 11.5. The molecule has 0 unspecified atom stereocenters. The van der Waals surface area contributed by atoms with E-state index in [0.717, 1.165) is 26.1 Å². The fourth-order valence-electron chi connectivity index (χ4n) is 1.38. The van der Waals surface area contributed by atoms with Crippen LogP contribution in [0.4, 0.5) is 0 Å². The summed E-state index contributed by atoms with van der Waals surface area (Å²) < 4.78 is 31.1. The van der Waals surface area contributed by atoms with Gasteiger partial charge in [0, 0.05) is 13.1 Å². The minimum absolute atomic E-state index is 0.168. The first kappa shape index (κ1) is 18.8. The molecule has 0 aliphatic rings. The van der Waals surface area contributed by atoms with E-state index < -0.39 is 10.0 Å². The summed E-state index contributed by atoms with van der Waals surface area (Å²) in [5.41, 5.74) is 0. The van der Waals surface area contributed by atoms with Gasteiger partial charge in [0.05, 0.1) is 19.0 Å². The van der Waals surface area contributed by atoms with Gasteiger partial charge in [-0.1, -0.05) is 6.92 Å². The number of hydrogen-bond acceptors (Lipinski definition) is 5. The Balaban J connectivity index is 3.46. The molecule has 0 heterocycles. The Labute approximate surface area is 117 Å². The smallest absolute Gasteiger partial charge is 0.211 e. The molecule has 0 aliphatic carbocycles. The standard InChI is InChI=1S/C12H29N3O3S/c1-4-6-13-7-5-12-19(16,17)14-8-10-18-11-9-15(2)3/h13-14H,4-12H2,1-3H3. The number of hydrogen-bond donors (Lipinski definition) is 2. The molecular formula is C12H29N3O3S. The quantitative estimate of drug-likeness (QED) is 0.463. The third-order valence-corrected chi connectivity index (χ3v) is 3.91. The molecule has 2 N–H and O–H groups in total. The van der Waals surface area contributed by atoms with E-state index in [1.165, 1.54) is 0 Å². The van der Waals surface area contributed by atoms with Crippen LogP contribution >= 0.6 is 0 Å². The van der Waals surface area contributed by atoms with Gasteiger partial charge in [-0.15, -0.1) is 0 Å². The van der Waals surface area contributed by atoms with Crippen LogP contribution in [0.25, 0.3) is 0 Å². The summed E-state index contributed by atoms with van der Waals surface area (Å²) in [6.45, 7) is 5.99. The molecular weight excluding hydrogens is 266 g/mol. The Hall–Kier alpha value is -0.210. The summed E-state index contributed by atoms with van der Waals surface area (Å²) in [5.74, 6) is 0.168. The van der Waals surface area contributed by atoms with E-state index in [4.69, 9.17) is 4.74 Å². The van der Waals surface area contributed by atoms with E-state index in [2.05, 4.69) is 17.0 Å². The first-order valence-electron chi connectivity index (χ1n) is 6.88. The molecule has 0 spiro atoms. The van der Waals surface area contributed by atoms with Gasteiger partial charge in [0.15, 0.2) is 0 Å². The zero-order valence-corrected chi connectivity index (χ0v) is 13.3. The van der Waals surface area contributed by atoms with Gasteiger partial charge in [-0.2, -0.15) is 0 Å². The molecule has 0 saturated heterocycles. The van der Waals surface area contributed by atoms with Crippen LogP contribution in [0.15, 0.2) is 0 Å². The fraction of sp³-hybridized carbons (Fsp3) is 1.00. The van der Waals surface area contributed by atoms with Crippen LogP contribution in [0.1, 0.15) is 19.8 Å². The topological polar surface area (TPSA) is 70.7 Å². The lowest BCUT2D eigenvalue weighted by Gasteiger charge is -2.10. The van der Waals surface area contributed by atoms with E-state index in [9.17, 15) is 8.42 Å². The van der Waals surface area contributed by atoms with Crippen molar-refractivity contribution in [1.82, 2.24) is 14.9 Å². The van der Waals surface area contributed by atoms with Gasteiger partial charge in [-0.25, -0.2) is 13.1 Å². The van der Waals surface area contributed by atoms with Crippen LogP contribution in [-0.2, 0) is 14.8 Å². The highest BCUT2D eigenvalue weighted by atomic mass is 32.2. The maximum atomic E-state index is 11.6. The zero-order valence-electron chi connectivity index (χ0n) is 12.4. The van der Waals surface area contributed by atoms with Crippen LogP contribution < -0.4 is 10.0 Å². The van der Waals surface area contributed by atoms with Crippen LogP contribution in [0.3, 0.4) is 0 Å². The Morgan fingerprint density at radius 2 is 1.84 bits per heavy atom. The molecule has 0 aromatic carbocycles. The molecule has 6 nitrogen and oxygen atoms in total. The average molecular weight is 295 g/mol. The van der Waals surface area contributed by atoms with Gasteiger partial charge in [0.25, 0.3) is 0 Å². The molecule has 0 amide bonds. The average Bonchev–Trinajstić information content (AvgIpc) is 2.33. The SMILES string of the molecule is CCCNCCCS(=O)(=O)NCCOCCN(C)C. The van der Waals surface area contributed by atoms with Crippen molar-refractivity contribution >= 4 is 10.0 Å². The number of nitrogens with zero attached hydrogens (tertiary/aromatic N) is 1. The van der Waals surface area contributed by atoms with Crippen molar-refractivity contribution in [3.8, 4) is 0 Å². The summed E-state index contributed by atoms with van der Waals surface area (Å²) in [5, 5.41) is 3.18. The van der Waals surface area contributed by atoms with Crippen LogP contribution in [0.5, 0.6) is 0 Å². The molecule has 0 aliphatic heterocycles. The second-order valence-corrected chi connectivity index (χ2v) is 6.66. The lowest BCUT2D eigenvalue weighted by atomic mass is 10.4. The Morgan fingerprint density at radius 1 is 1.11 bits per heavy atom. The molecule has 0 atom stereocenters. The summed E-state index contributed by atoms with van der Waals surface area (Å²) in [4.78, 5) is 2.02. The summed E-state index contributed by atoms with van der Waals surface area (Å²) in [7, 11) is 0.789. The largest absolute Gasteiger partial charge is 0.379 e. The summed E-state index contributed by atoms with van der Waals surface area (Å²) in [6.07, 6.45) is 1.70. The van der Waals surface area contributed by atoms with Crippen molar-refractivity contribution in [2.75, 3.05) is 59.2 Å². The minimum atomic E-state index is -3.15. The lowest BCUT2D eigenvalue weighted by Crippen LogP contribution is -2.31. The maximum absolute atomic E-state index is 11.6. The molecule has 19 heavy (non-hydrogen) atoms. The fourth-order valence-corrected chi connectivity index (χ4v) is 2.44. The molecule has 7 heteroatoms. The highest BCUT2D eigenvalue weighted by Crippen LogP contribution is 1.89. The third kappa shape index (κ3) is 14.0. The monoisotopic (exact) mass is 295 g/mol. The molecule has 0 aromatic heterocycles. The predicted octanol–water partition coefficient (Wildman–Crippen LogP) is -0.126. The molecule has 116 valence electrons. The van der Waals surface area contributed by atoms with E-state index >= 15 is 0 Å². The van der Waals surface area contributed by atoms with Gasteiger partial charge in [0.2, 0.25) is 10.0 Å². The maximum Gasteiger partial charge on any atom is 0.211 e. The zero-order chi connectivity index (χ0) is 14.6. The summed E-state index contributed by atoms with van der Waals surface area (Å²) >= 11 is 0. The summed E-state index contributed by atoms with van der Waals surface area (Å²) in [6, 6.07) is 0. The first-order chi connectivity index (χ1) is 8.98. The predicted molar refractivity (Wildman–Crippen MR) is 78.9 cm³/mol. The first-order valence-corrected chi connectivity index (χ1v) is 8.53. The van der Waals surface area contributed by atoms with Crippen LogP contribution in [0, 0.1) is 0 Å². The normalized spacial score (nSPS) is 12.2.